The van der Waals surface area contributed by atoms with Gasteiger partial charge in [-0.1, -0.05) is 0 Å². The zero-order chi connectivity index (χ0) is 19.0. The highest BCUT2D eigenvalue weighted by Crippen LogP contribution is 2.39. The van der Waals surface area contributed by atoms with Crippen LogP contribution in [0.15, 0.2) is 18.2 Å². The van der Waals surface area contributed by atoms with Gasteiger partial charge in [0.2, 0.25) is 0 Å². The van der Waals surface area contributed by atoms with Crippen LogP contribution in [-0.2, 0) is 10.9 Å². The first-order chi connectivity index (χ1) is 11.4. The lowest BCUT2D eigenvalue weighted by Gasteiger charge is -2.29. The number of benzene rings is 1. The minimum atomic E-state index is -4.49. The van der Waals surface area contributed by atoms with E-state index in [0.717, 1.165) is 6.07 Å². The molecule has 25 heavy (non-hydrogen) atoms. The molecule has 0 bridgehead atoms. The molecule has 1 saturated heterocycles. The van der Waals surface area contributed by atoms with Crippen molar-refractivity contribution in [1.82, 2.24) is 4.90 Å². The number of alkyl halides is 3. The molecule has 0 spiro atoms. The summed E-state index contributed by atoms with van der Waals surface area (Å²) in [5.41, 5.74) is 4.28. The van der Waals surface area contributed by atoms with Crippen molar-refractivity contribution in [2.75, 3.05) is 30.8 Å². The Morgan fingerprint density at radius 3 is 2.52 bits per heavy atom. The van der Waals surface area contributed by atoms with Crippen molar-refractivity contribution in [3.05, 3.63) is 23.8 Å². The van der Waals surface area contributed by atoms with Crippen LogP contribution in [0.5, 0.6) is 0 Å². The van der Waals surface area contributed by atoms with Gasteiger partial charge in [0, 0.05) is 31.5 Å². The van der Waals surface area contributed by atoms with E-state index < -0.39 is 23.4 Å². The van der Waals surface area contributed by atoms with Gasteiger partial charge in [0.15, 0.2) is 0 Å². The van der Waals surface area contributed by atoms with E-state index in [2.05, 4.69) is 0 Å². The van der Waals surface area contributed by atoms with E-state index in [9.17, 15) is 18.0 Å². The first-order valence-electron chi connectivity index (χ1n) is 8.06. The molecule has 1 aliphatic heterocycles. The summed E-state index contributed by atoms with van der Waals surface area (Å²) in [6.45, 7) is 6.03. The summed E-state index contributed by atoms with van der Waals surface area (Å²) in [4.78, 5) is 15.2. The molecule has 1 fully saturated rings. The highest BCUT2D eigenvalue weighted by atomic mass is 19.4. The van der Waals surface area contributed by atoms with Gasteiger partial charge in [-0.05, 0) is 45.4 Å². The van der Waals surface area contributed by atoms with Crippen molar-refractivity contribution in [1.29, 1.82) is 0 Å². The average Bonchev–Trinajstić information content (AvgIpc) is 2.93. The predicted molar refractivity (Wildman–Crippen MR) is 90.5 cm³/mol. The largest absolute Gasteiger partial charge is 0.444 e. The van der Waals surface area contributed by atoms with E-state index in [4.69, 9.17) is 10.5 Å². The van der Waals surface area contributed by atoms with Crippen LogP contribution in [0, 0.1) is 0 Å². The highest BCUT2D eigenvalue weighted by molar-refractivity contribution is 5.69. The van der Waals surface area contributed by atoms with E-state index in [1.165, 1.54) is 17.0 Å². The minimum Gasteiger partial charge on any atom is -0.444 e. The summed E-state index contributed by atoms with van der Waals surface area (Å²) in [7, 11) is 1.61. The number of likely N-dealkylation sites (N-methyl/N-ethyl adjacent to an activating group) is 1. The number of carbonyl (C=O) groups excluding carboxylic acids is 1. The standard InChI is InChI=1S/C17H24F3N3O2/c1-16(2,3)25-15(24)22(4)12-7-8-23(10-12)14-6-5-11(21)9-13(14)17(18,19)20/h5-6,9,12H,7-8,10,21H2,1-4H3. The number of nitrogen functional groups attached to an aromatic ring is 1. The van der Waals surface area contributed by atoms with Gasteiger partial charge in [0.05, 0.1) is 11.6 Å². The molecule has 1 aliphatic rings. The van der Waals surface area contributed by atoms with Gasteiger partial charge in [-0.2, -0.15) is 13.2 Å². The number of hydrogen-bond donors (Lipinski definition) is 1. The normalized spacial score (nSPS) is 18.4. The summed E-state index contributed by atoms with van der Waals surface area (Å²) in [6, 6.07) is 3.57. The molecule has 0 aromatic heterocycles. The third-order valence-electron chi connectivity index (χ3n) is 4.06. The molecule has 0 aliphatic carbocycles. The van der Waals surface area contributed by atoms with E-state index >= 15 is 0 Å². The molecule has 1 atom stereocenters. The van der Waals surface area contributed by atoms with E-state index in [1.807, 2.05) is 0 Å². The van der Waals surface area contributed by atoms with Crippen LogP contribution < -0.4 is 10.6 Å². The Morgan fingerprint density at radius 2 is 1.96 bits per heavy atom. The summed E-state index contributed by atoms with van der Waals surface area (Å²) < 4.78 is 45.2. The first kappa shape index (κ1) is 19.2. The third-order valence-corrected chi connectivity index (χ3v) is 4.06. The number of halogens is 3. The number of amides is 1. The maximum Gasteiger partial charge on any atom is 0.418 e. The van der Waals surface area contributed by atoms with Crippen molar-refractivity contribution in [2.24, 2.45) is 0 Å². The molecule has 5 nitrogen and oxygen atoms in total. The van der Waals surface area contributed by atoms with E-state index in [1.54, 1.807) is 32.7 Å². The lowest BCUT2D eigenvalue weighted by Crippen LogP contribution is -2.42. The molecule has 2 rings (SSSR count). The van der Waals surface area contributed by atoms with Crippen LogP contribution in [0.1, 0.15) is 32.8 Å². The fourth-order valence-corrected chi connectivity index (χ4v) is 2.82. The Bertz CT molecular complexity index is 641. The number of rotatable bonds is 2. The molecule has 1 amide bonds. The first-order valence-corrected chi connectivity index (χ1v) is 8.06. The number of carbonyl (C=O) groups is 1. The van der Waals surface area contributed by atoms with Gasteiger partial charge in [0.25, 0.3) is 0 Å². The number of ether oxygens (including phenoxy) is 1. The van der Waals surface area contributed by atoms with Gasteiger partial charge in [-0.15, -0.1) is 0 Å². The molecule has 1 heterocycles. The van der Waals surface area contributed by atoms with Crippen molar-refractivity contribution in [3.63, 3.8) is 0 Å². The highest BCUT2D eigenvalue weighted by Gasteiger charge is 2.38. The number of anilines is 2. The van der Waals surface area contributed by atoms with Gasteiger partial charge >= 0.3 is 12.3 Å². The van der Waals surface area contributed by atoms with Gasteiger partial charge < -0.3 is 20.3 Å². The lowest BCUT2D eigenvalue weighted by atomic mass is 10.1. The Balaban J connectivity index is 2.15. The maximum absolute atomic E-state index is 13.3. The topological polar surface area (TPSA) is 58.8 Å². The monoisotopic (exact) mass is 359 g/mol. The van der Waals surface area contributed by atoms with Crippen molar-refractivity contribution < 1.29 is 22.7 Å². The van der Waals surface area contributed by atoms with Crippen LogP contribution >= 0.6 is 0 Å². The molecule has 1 aromatic carbocycles. The van der Waals surface area contributed by atoms with Crippen LogP contribution in [0.25, 0.3) is 0 Å². The van der Waals surface area contributed by atoms with Gasteiger partial charge in [-0.3, -0.25) is 0 Å². The Morgan fingerprint density at radius 1 is 1.32 bits per heavy atom. The third kappa shape index (κ3) is 4.70. The van der Waals surface area contributed by atoms with Crippen LogP contribution in [-0.4, -0.2) is 42.8 Å². The predicted octanol–water partition coefficient (Wildman–Crippen LogP) is 3.73. The Labute approximate surface area is 145 Å². The van der Waals surface area contributed by atoms with E-state index in [0.29, 0.717) is 19.5 Å². The van der Waals surface area contributed by atoms with Crippen LogP contribution in [0.2, 0.25) is 0 Å². The Hall–Kier alpha value is -2.12. The molecular formula is C17H24F3N3O2. The van der Waals surface area contributed by atoms with Gasteiger partial charge in [-0.25, -0.2) is 4.79 Å². The molecular weight excluding hydrogens is 335 g/mol. The molecule has 8 heteroatoms. The number of nitrogens with two attached hydrogens (primary N) is 1. The molecule has 140 valence electrons. The van der Waals surface area contributed by atoms with E-state index in [-0.39, 0.29) is 17.4 Å². The lowest BCUT2D eigenvalue weighted by molar-refractivity contribution is -0.137. The zero-order valence-corrected chi connectivity index (χ0v) is 14.9. The molecule has 1 aromatic rings. The van der Waals surface area contributed by atoms with Crippen LogP contribution in [0.4, 0.5) is 29.3 Å². The smallest absolute Gasteiger partial charge is 0.418 e. The quantitative estimate of drug-likeness (QED) is 0.818. The van der Waals surface area contributed by atoms with Crippen molar-refractivity contribution in [3.8, 4) is 0 Å². The summed E-state index contributed by atoms with van der Waals surface area (Å²) in [5, 5.41) is 0. The minimum absolute atomic E-state index is 0.0673. The molecule has 2 N–H and O–H groups in total. The summed E-state index contributed by atoms with van der Waals surface area (Å²) >= 11 is 0. The molecule has 0 radical (unpaired) electrons. The summed E-state index contributed by atoms with van der Waals surface area (Å²) in [5.74, 6) is 0. The van der Waals surface area contributed by atoms with Crippen molar-refractivity contribution >= 4 is 17.5 Å². The number of hydrogen-bond acceptors (Lipinski definition) is 4. The van der Waals surface area contributed by atoms with Crippen LogP contribution in [0.3, 0.4) is 0 Å². The molecule has 1 unspecified atom stereocenters. The zero-order valence-electron chi connectivity index (χ0n) is 14.9. The van der Waals surface area contributed by atoms with Crippen molar-refractivity contribution in [2.45, 2.75) is 45.0 Å². The second-order valence-electron chi connectivity index (χ2n) is 7.25. The second-order valence-corrected chi connectivity index (χ2v) is 7.25. The SMILES string of the molecule is CN(C(=O)OC(C)(C)C)C1CCN(c2ccc(N)cc2C(F)(F)F)C1. The Kier molecular flexibility index (Phi) is 5.11. The van der Waals surface area contributed by atoms with Gasteiger partial charge in [0.1, 0.15) is 5.60 Å². The molecule has 0 saturated carbocycles. The average molecular weight is 359 g/mol. The summed E-state index contributed by atoms with van der Waals surface area (Å²) in [6.07, 6.45) is -4.40. The second kappa shape index (κ2) is 6.65. The maximum atomic E-state index is 13.3. The fourth-order valence-electron chi connectivity index (χ4n) is 2.82. The fraction of sp³-hybridized carbons (Fsp3) is 0.588. The number of nitrogens with zero attached hydrogens (tertiary/aromatic N) is 2.